The molecule has 0 aliphatic heterocycles. The maximum Gasteiger partial charge on any atom is 0.148 e. The monoisotopic (exact) mass is 407 g/mol. The smallest absolute Gasteiger partial charge is 0.148 e. The largest absolute Gasteiger partial charge is 0.483 e. The van der Waals surface area contributed by atoms with E-state index in [9.17, 15) is 4.39 Å². The molecule has 0 saturated carbocycles. The van der Waals surface area contributed by atoms with Gasteiger partial charge in [-0.1, -0.05) is 0 Å². The molecule has 0 saturated heterocycles. The summed E-state index contributed by atoms with van der Waals surface area (Å²) in [6.45, 7) is 1.89. The van der Waals surface area contributed by atoms with Crippen molar-refractivity contribution in [2.75, 3.05) is 0 Å². The summed E-state index contributed by atoms with van der Waals surface area (Å²) in [6, 6.07) is 8.32. The molecule has 2 nitrogen and oxygen atoms in total. The Morgan fingerprint density at radius 1 is 1.26 bits per heavy atom. The summed E-state index contributed by atoms with van der Waals surface area (Å²) in [6.07, 6.45) is -0.256. The Morgan fingerprint density at radius 2 is 2.00 bits per heavy atom. The van der Waals surface area contributed by atoms with Crippen LogP contribution in [0, 0.1) is 5.82 Å². The fourth-order valence-electron chi connectivity index (χ4n) is 1.60. The van der Waals surface area contributed by atoms with Gasteiger partial charge in [-0.25, -0.2) is 4.39 Å². The number of benzene rings is 1. The molecule has 1 aromatic carbocycles. The second-order valence-electron chi connectivity index (χ2n) is 4.12. The lowest BCUT2D eigenvalue weighted by molar-refractivity contribution is 0.184. The predicted molar refractivity (Wildman–Crippen MR) is 83.1 cm³/mol. The number of thiophene rings is 1. The Morgan fingerprint density at radius 3 is 2.53 bits per heavy atom. The first-order valence-corrected chi connectivity index (χ1v) is 8.00. The van der Waals surface area contributed by atoms with E-state index in [-0.39, 0.29) is 18.0 Å². The highest BCUT2D eigenvalue weighted by Gasteiger charge is 2.20. The normalized spacial score (nSPS) is 14.2. The molecule has 19 heavy (non-hydrogen) atoms. The van der Waals surface area contributed by atoms with Crippen LogP contribution < -0.4 is 10.5 Å². The van der Waals surface area contributed by atoms with E-state index in [2.05, 4.69) is 31.9 Å². The van der Waals surface area contributed by atoms with Gasteiger partial charge in [0.1, 0.15) is 17.7 Å². The van der Waals surface area contributed by atoms with Gasteiger partial charge in [-0.05, 0) is 69.1 Å². The summed E-state index contributed by atoms with van der Waals surface area (Å²) in [5.41, 5.74) is 5.97. The highest BCUT2D eigenvalue weighted by atomic mass is 79.9. The summed E-state index contributed by atoms with van der Waals surface area (Å²) in [5.74, 6) is 0.267. The Labute approximate surface area is 132 Å². The van der Waals surface area contributed by atoms with E-state index in [1.165, 1.54) is 6.07 Å². The molecular formula is C13H12Br2FNOS. The summed E-state index contributed by atoms with van der Waals surface area (Å²) in [5, 5.41) is 0. The molecule has 2 rings (SSSR count). The number of halogens is 3. The third-order valence-electron chi connectivity index (χ3n) is 2.51. The molecule has 2 atom stereocenters. The molecule has 0 fully saturated rings. The van der Waals surface area contributed by atoms with Crippen LogP contribution in [0.4, 0.5) is 4.39 Å². The molecule has 0 spiro atoms. The minimum absolute atomic E-state index is 0.172. The molecule has 0 bridgehead atoms. The van der Waals surface area contributed by atoms with Crippen molar-refractivity contribution in [3.05, 3.63) is 49.3 Å². The lowest BCUT2D eigenvalue weighted by Crippen LogP contribution is -2.28. The summed E-state index contributed by atoms with van der Waals surface area (Å²) < 4.78 is 20.5. The van der Waals surface area contributed by atoms with Gasteiger partial charge in [0.05, 0.1) is 8.26 Å². The van der Waals surface area contributed by atoms with Crippen LogP contribution in [0.25, 0.3) is 0 Å². The van der Waals surface area contributed by atoms with Gasteiger partial charge in [0.25, 0.3) is 0 Å². The van der Waals surface area contributed by atoms with Crippen LogP contribution in [0.1, 0.15) is 17.9 Å². The number of hydrogen-bond donors (Lipinski definition) is 1. The van der Waals surface area contributed by atoms with Crippen LogP contribution in [0.15, 0.2) is 38.6 Å². The quantitative estimate of drug-likeness (QED) is 0.782. The molecule has 2 aromatic rings. The van der Waals surface area contributed by atoms with Crippen LogP contribution >= 0.6 is 43.2 Å². The topological polar surface area (TPSA) is 35.2 Å². The number of nitrogens with two attached hydrogens (primary N) is 1. The minimum atomic E-state index is -0.316. The predicted octanol–water partition coefficient (Wildman–Crippen LogP) is 4.88. The zero-order valence-electron chi connectivity index (χ0n) is 10.1. The average molecular weight is 409 g/mol. The van der Waals surface area contributed by atoms with Crippen LogP contribution in [-0.2, 0) is 0 Å². The summed E-state index contributed by atoms with van der Waals surface area (Å²) >= 11 is 8.14. The van der Waals surface area contributed by atoms with Crippen molar-refractivity contribution < 1.29 is 9.13 Å². The van der Waals surface area contributed by atoms with E-state index in [4.69, 9.17) is 10.5 Å². The molecular weight excluding hydrogens is 397 g/mol. The Hall–Kier alpha value is -0.430. The van der Waals surface area contributed by atoms with E-state index in [1.807, 2.05) is 19.1 Å². The van der Waals surface area contributed by atoms with Gasteiger partial charge in [0, 0.05) is 10.9 Å². The van der Waals surface area contributed by atoms with Crippen LogP contribution in [0.5, 0.6) is 5.75 Å². The third-order valence-corrected chi connectivity index (χ3v) is 4.80. The molecule has 102 valence electrons. The Bertz CT molecular complexity index is 574. The van der Waals surface area contributed by atoms with Crippen molar-refractivity contribution in [2.24, 2.45) is 5.73 Å². The van der Waals surface area contributed by atoms with Crippen molar-refractivity contribution in [3.63, 3.8) is 0 Å². The van der Waals surface area contributed by atoms with Crippen molar-refractivity contribution in [2.45, 2.75) is 19.1 Å². The van der Waals surface area contributed by atoms with Gasteiger partial charge in [-0.3, -0.25) is 0 Å². The van der Waals surface area contributed by atoms with E-state index >= 15 is 0 Å². The molecule has 6 heteroatoms. The molecule has 0 radical (unpaired) electrons. The van der Waals surface area contributed by atoms with E-state index in [1.54, 1.807) is 23.5 Å². The van der Waals surface area contributed by atoms with Gasteiger partial charge in [0.2, 0.25) is 0 Å². The van der Waals surface area contributed by atoms with Gasteiger partial charge in [0.15, 0.2) is 0 Å². The van der Waals surface area contributed by atoms with Crippen LogP contribution in [0.3, 0.4) is 0 Å². The minimum Gasteiger partial charge on any atom is -0.483 e. The highest BCUT2D eigenvalue weighted by molar-refractivity contribution is 9.11. The SMILES string of the molecule is CC(N)C(Oc1ccc(F)c(Br)c1)c1ccc(Br)s1. The fraction of sp³-hybridized carbons (Fsp3) is 0.231. The van der Waals surface area contributed by atoms with E-state index in [0.717, 1.165) is 8.66 Å². The first kappa shape index (κ1) is 15.0. The fourth-order valence-corrected chi connectivity index (χ4v) is 3.53. The van der Waals surface area contributed by atoms with Gasteiger partial charge in [-0.15, -0.1) is 11.3 Å². The van der Waals surface area contributed by atoms with Gasteiger partial charge >= 0.3 is 0 Å². The molecule has 0 amide bonds. The van der Waals surface area contributed by atoms with Crippen molar-refractivity contribution in [3.8, 4) is 5.75 Å². The number of hydrogen-bond acceptors (Lipinski definition) is 3. The zero-order valence-corrected chi connectivity index (χ0v) is 14.1. The van der Waals surface area contributed by atoms with Crippen molar-refractivity contribution in [1.29, 1.82) is 0 Å². The summed E-state index contributed by atoms with van der Waals surface area (Å²) in [4.78, 5) is 1.03. The first-order valence-electron chi connectivity index (χ1n) is 5.60. The lowest BCUT2D eigenvalue weighted by Gasteiger charge is -2.21. The maximum atomic E-state index is 13.2. The highest BCUT2D eigenvalue weighted by Crippen LogP contribution is 2.33. The van der Waals surface area contributed by atoms with Crippen LogP contribution in [-0.4, -0.2) is 6.04 Å². The molecule has 2 N–H and O–H groups in total. The van der Waals surface area contributed by atoms with Crippen molar-refractivity contribution >= 4 is 43.2 Å². The van der Waals surface area contributed by atoms with E-state index < -0.39 is 0 Å². The Kier molecular flexibility index (Phi) is 5.00. The molecule has 1 heterocycles. The van der Waals surface area contributed by atoms with E-state index in [0.29, 0.717) is 10.2 Å². The van der Waals surface area contributed by atoms with Gasteiger partial charge in [-0.2, -0.15) is 0 Å². The van der Waals surface area contributed by atoms with Gasteiger partial charge < -0.3 is 10.5 Å². The second kappa shape index (κ2) is 6.35. The number of rotatable bonds is 4. The van der Waals surface area contributed by atoms with Crippen molar-refractivity contribution in [1.82, 2.24) is 0 Å². The first-order chi connectivity index (χ1) is 8.97. The van der Waals surface area contributed by atoms with Crippen LogP contribution in [0.2, 0.25) is 0 Å². The second-order valence-corrected chi connectivity index (χ2v) is 7.46. The number of ether oxygens (including phenoxy) is 1. The molecule has 0 aliphatic rings. The molecule has 0 aliphatic carbocycles. The lowest BCUT2D eigenvalue weighted by atomic mass is 10.1. The third kappa shape index (κ3) is 3.78. The summed E-state index contributed by atoms with van der Waals surface area (Å²) in [7, 11) is 0. The molecule has 1 aromatic heterocycles. The Balaban J connectivity index is 2.23. The molecule has 2 unspecified atom stereocenters. The standard InChI is InChI=1S/C13H12Br2FNOS/c1-7(17)13(11-4-5-12(15)19-11)18-8-2-3-10(16)9(14)6-8/h2-7,13H,17H2,1H3. The maximum absolute atomic E-state index is 13.2. The average Bonchev–Trinajstić information content (AvgIpc) is 2.76. The zero-order chi connectivity index (χ0) is 14.0.